The van der Waals surface area contributed by atoms with Gasteiger partial charge in [-0.1, -0.05) is 35.9 Å². The number of aliphatic hydroxyl groups is 1. The average molecular weight is 367 g/mol. The third-order valence-corrected chi connectivity index (χ3v) is 4.13. The van der Waals surface area contributed by atoms with Gasteiger partial charge in [0.1, 0.15) is 28.9 Å². The van der Waals surface area contributed by atoms with Gasteiger partial charge in [-0.2, -0.15) is 0 Å². The van der Waals surface area contributed by atoms with Crippen molar-refractivity contribution in [1.29, 1.82) is 0 Å². The van der Waals surface area contributed by atoms with Crippen LogP contribution in [0.15, 0.2) is 30.4 Å². The second-order valence-corrected chi connectivity index (χ2v) is 6.21. The van der Waals surface area contributed by atoms with Crippen LogP contribution in [0.2, 0.25) is 5.02 Å². The summed E-state index contributed by atoms with van der Waals surface area (Å²) in [6.45, 7) is 1.60. The fourth-order valence-corrected chi connectivity index (χ4v) is 2.74. The highest BCUT2D eigenvalue weighted by atomic mass is 35.5. The molecule has 25 heavy (non-hydrogen) atoms. The number of benzene rings is 1. The molecule has 6 nitrogen and oxygen atoms in total. The summed E-state index contributed by atoms with van der Waals surface area (Å²) >= 11 is 6.03. The van der Waals surface area contributed by atoms with Crippen molar-refractivity contribution in [1.82, 2.24) is 0 Å². The molecule has 0 saturated heterocycles. The van der Waals surface area contributed by atoms with Gasteiger partial charge in [-0.15, -0.1) is 0 Å². The molecule has 0 spiro atoms. The zero-order valence-corrected chi connectivity index (χ0v) is 14.4. The number of halogens is 1. The van der Waals surface area contributed by atoms with Gasteiger partial charge in [-0.25, -0.2) is 4.79 Å². The van der Waals surface area contributed by atoms with E-state index in [0.29, 0.717) is 0 Å². The van der Waals surface area contributed by atoms with Crippen molar-refractivity contribution in [2.24, 2.45) is 0 Å². The van der Waals surface area contributed by atoms with Gasteiger partial charge in [0.05, 0.1) is 11.1 Å². The monoisotopic (exact) mass is 366 g/mol. The summed E-state index contributed by atoms with van der Waals surface area (Å²) < 4.78 is 5.24. The van der Waals surface area contributed by atoms with Crippen molar-refractivity contribution in [2.75, 3.05) is 0 Å². The number of esters is 1. The maximum atomic E-state index is 12.4. The number of ketones is 1. The van der Waals surface area contributed by atoms with Crippen molar-refractivity contribution < 1.29 is 29.6 Å². The second kappa shape index (κ2) is 8.18. The van der Waals surface area contributed by atoms with Crippen molar-refractivity contribution in [2.45, 2.75) is 38.4 Å². The number of hydrogen-bond donors (Lipinski definition) is 3. The van der Waals surface area contributed by atoms with Crippen molar-refractivity contribution >= 4 is 23.4 Å². The molecule has 0 fully saturated rings. The van der Waals surface area contributed by atoms with E-state index in [1.54, 1.807) is 25.2 Å². The Bertz CT molecular complexity index is 738. The zero-order chi connectivity index (χ0) is 18.6. The predicted octanol–water partition coefficient (Wildman–Crippen LogP) is 2.68. The Hall–Kier alpha value is -2.31. The summed E-state index contributed by atoms with van der Waals surface area (Å²) in [4.78, 5) is 24.6. The number of cyclic esters (lactones) is 1. The molecule has 1 aliphatic rings. The molecule has 2 unspecified atom stereocenters. The quantitative estimate of drug-likeness (QED) is 0.610. The number of rotatable bonds is 0. The minimum atomic E-state index is -0.876. The number of fused-ring (bicyclic) bond motifs is 1. The molecule has 1 aromatic carbocycles. The summed E-state index contributed by atoms with van der Waals surface area (Å²) in [6.07, 6.45) is 4.89. The van der Waals surface area contributed by atoms with Crippen LogP contribution in [0, 0.1) is 0 Å². The standard InChI is InChI=1S/C18H19ClO6/c1-10-7-11(20)5-3-2-4-6-12(21)8-13-16(18(24)25-10)14(22)9-15(23)17(13)19/h2-5,9-11,20,22-23H,6-8H2,1H3/b4-2-,5-3+. The number of phenols is 2. The van der Waals surface area contributed by atoms with Crippen LogP contribution < -0.4 is 0 Å². The molecule has 2 atom stereocenters. The number of carbonyl (C=O) groups is 2. The fourth-order valence-electron chi connectivity index (χ4n) is 2.53. The van der Waals surface area contributed by atoms with E-state index in [4.69, 9.17) is 16.3 Å². The Morgan fingerprint density at radius 3 is 2.64 bits per heavy atom. The summed E-state index contributed by atoms with van der Waals surface area (Å²) in [5, 5.41) is 29.5. The number of carbonyl (C=O) groups excluding carboxylic acids is 2. The number of ether oxygens (including phenoxy) is 1. The smallest absolute Gasteiger partial charge is 0.342 e. The lowest BCUT2D eigenvalue weighted by atomic mass is 9.99. The maximum Gasteiger partial charge on any atom is 0.342 e. The van der Waals surface area contributed by atoms with E-state index in [2.05, 4.69) is 0 Å². The molecule has 1 heterocycles. The Kier molecular flexibility index (Phi) is 6.22. The van der Waals surface area contributed by atoms with E-state index in [-0.39, 0.29) is 41.2 Å². The number of hydrogen-bond acceptors (Lipinski definition) is 6. The number of allylic oxidation sites excluding steroid dienone is 3. The molecule has 0 saturated carbocycles. The molecule has 0 aliphatic carbocycles. The summed E-state index contributed by atoms with van der Waals surface area (Å²) in [7, 11) is 0. The molecule has 2 rings (SSSR count). The van der Waals surface area contributed by atoms with Gasteiger partial charge in [-0.3, -0.25) is 4.79 Å². The first-order valence-electron chi connectivity index (χ1n) is 7.77. The van der Waals surface area contributed by atoms with Crippen LogP contribution in [0.25, 0.3) is 0 Å². The Morgan fingerprint density at radius 2 is 1.92 bits per heavy atom. The van der Waals surface area contributed by atoms with E-state index in [1.807, 2.05) is 0 Å². The minimum Gasteiger partial charge on any atom is -0.507 e. The Morgan fingerprint density at radius 1 is 1.20 bits per heavy atom. The molecular weight excluding hydrogens is 348 g/mol. The van der Waals surface area contributed by atoms with Crippen LogP contribution in [0.4, 0.5) is 0 Å². The van der Waals surface area contributed by atoms with Crippen LogP contribution in [-0.4, -0.2) is 39.3 Å². The molecule has 1 aliphatic heterocycles. The lowest BCUT2D eigenvalue weighted by Gasteiger charge is -2.18. The fraction of sp³-hybridized carbons (Fsp3) is 0.333. The number of aliphatic hydroxyl groups excluding tert-OH is 1. The molecule has 3 N–H and O–H groups in total. The summed E-state index contributed by atoms with van der Waals surface area (Å²) in [5.74, 6) is -2.10. The van der Waals surface area contributed by atoms with E-state index in [9.17, 15) is 24.9 Å². The number of phenolic OH excluding ortho intramolecular Hbond substituents is 2. The van der Waals surface area contributed by atoms with Crippen molar-refractivity contribution in [3.05, 3.63) is 46.5 Å². The molecular formula is C18H19ClO6. The Labute approximate surface area is 150 Å². The van der Waals surface area contributed by atoms with E-state index in [0.717, 1.165) is 6.07 Å². The minimum absolute atomic E-state index is 0.0166. The van der Waals surface area contributed by atoms with Gasteiger partial charge in [0.2, 0.25) is 0 Å². The summed E-state index contributed by atoms with van der Waals surface area (Å²) in [5.41, 5.74) is -0.239. The molecule has 0 bridgehead atoms. The van der Waals surface area contributed by atoms with Crippen molar-refractivity contribution in [3.8, 4) is 11.5 Å². The molecule has 7 heteroatoms. The highest BCUT2D eigenvalue weighted by Crippen LogP contribution is 2.37. The van der Waals surface area contributed by atoms with Crippen LogP contribution in [-0.2, 0) is 16.0 Å². The first kappa shape index (κ1) is 19.0. The number of aromatic hydroxyl groups is 2. The largest absolute Gasteiger partial charge is 0.507 e. The highest BCUT2D eigenvalue weighted by Gasteiger charge is 2.26. The van der Waals surface area contributed by atoms with E-state index in [1.165, 1.54) is 6.08 Å². The highest BCUT2D eigenvalue weighted by molar-refractivity contribution is 6.33. The molecule has 0 radical (unpaired) electrons. The number of Topliss-reactive ketones (excluding diaryl/α,β-unsaturated/α-hetero) is 1. The zero-order valence-electron chi connectivity index (χ0n) is 13.6. The van der Waals surface area contributed by atoms with Crippen LogP contribution >= 0.6 is 11.6 Å². The van der Waals surface area contributed by atoms with Gasteiger partial charge in [0.15, 0.2) is 0 Å². The predicted molar refractivity (Wildman–Crippen MR) is 91.9 cm³/mol. The van der Waals surface area contributed by atoms with E-state index < -0.39 is 29.7 Å². The topological polar surface area (TPSA) is 104 Å². The average Bonchev–Trinajstić information content (AvgIpc) is 2.50. The Balaban J connectivity index is 2.49. The van der Waals surface area contributed by atoms with Gasteiger partial charge < -0.3 is 20.1 Å². The normalized spacial score (nSPS) is 24.8. The van der Waals surface area contributed by atoms with Crippen LogP contribution in [0.5, 0.6) is 11.5 Å². The molecule has 1 aromatic rings. The maximum absolute atomic E-state index is 12.4. The second-order valence-electron chi connectivity index (χ2n) is 5.83. The third-order valence-electron chi connectivity index (χ3n) is 3.71. The molecule has 0 aromatic heterocycles. The lowest BCUT2D eigenvalue weighted by molar-refractivity contribution is -0.117. The molecule has 0 amide bonds. The molecule has 134 valence electrons. The third kappa shape index (κ3) is 4.84. The van der Waals surface area contributed by atoms with Gasteiger partial charge in [0.25, 0.3) is 0 Å². The van der Waals surface area contributed by atoms with Gasteiger partial charge >= 0.3 is 5.97 Å². The van der Waals surface area contributed by atoms with Gasteiger partial charge in [0, 0.05) is 30.9 Å². The van der Waals surface area contributed by atoms with Gasteiger partial charge in [-0.05, 0) is 6.92 Å². The SMILES string of the molecule is CC1CC(O)/C=C/C=C\CC(=O)Cc2c(Cl)c(O)cc(O)c2C(=O)O1. The van der Waals surface area contributed by atoms with E-state index >= 15 is 0 Å². The van der Waals surface area contributed by atoms with Crippen LogP contribution in [0.1, 0.15) is 35.7 Å². The lowest BCUT2D eigenvalue weighted by Crippen LogP contribution is -2.21. The first-order chi connectivity index (χ1) is 11.8. The van der Waals surface area contributed by atoms with Crippen LogP contribution in [0.3, 0.4) is 0 Å². The van der Waals surface area contributed by atoms with Crippen molar-refractivity contribution in [3.63, 3.8) is 0 Å². The first-order valence-corrected chi connectivity index (χ1v) is 8.14. The summed E-state index contributed by atoms with van der Waals surface area (Å²) in [6, 6.07) is 0.929.